The number of allylic oxidation sites excluding steroid dienone is 1. The summed E-state index contributed by atoms with van der Waals surface area (Å²) in [4.78, 5) is 33.8. The fourth-order valence-corrected chi connectivity index (χ4v) is 5.40. The Bertz CT molecular complexity index is 1440. The monoisotopic (exact) mass is 479 g/mol. The number of carbonyl (C=O) groups excluding carboxylic acids is 1. The van der Waals surface area contributed by atoms with Gasteiger partial charge in [0.05, 0.1) is 34.6 Å². The topological polar surface area (TPSA) is 81.7 Å². The van der Waals surface area contributed by atoms with Crippen molar-refractivity contribution < 1.29 is 9.53 Å². The van der Waals surface area contributed by atoms with E-state index in [0.29, 0.717) is 20.6 Å². The lowest BCUT2D eigenvalue weighted by Gasteiger charge is -2.26. The van der Waals surface area contributed by atoms with Crippen molar-refractivity contribution in [2.45, 2.75) is 33.7 Å². The molecule has 4 rings (SSSR count). The molecule has 0 fully saturated rings. The maximum Gasteiger partial charge on any atom is 0.338 e. The Morgan fingerprint density at radius 1 is 1.21 bits per heavy atom. The first-order valence-electron chi connectivity index (χ1n) is 11.2. The van der Waals surface area contributed by atoms with Crippen LogP contribution in [-0.2, 0) is 16.6 Å². The van der Waals surface area contributed by atoms with Crippen LogP contribution in [0.4, 0.5) is 5.69 Å². The van der Waals surface area contributed by atoms with Crippen LogP contribution in [0.15, 0.2) is 51.5 Å². The van der Waals surface area contributed by atoms with E-state index in [2.05, 4.69) is 28.8 Å². The van der Waals surface area contributed by atoms with Crippen LogP contribution in [0.1, 0.15) is 43.6 Å². The number of thiazole rings is 1. The highest BCUT2D eigenvalue weighted by molar-refractivity contribution is 7.07. The third-order valence-corrected chi connectivity index (χ3v) is 7.09. The zero-order valence-electron chi connectivity index (χ0n) is 20.3. The van der Waals surface area contributed by atoms with Crippen LogP contribution in [0.2, 0.25) is 0 Å². The van der Waals surface area contributed by atoms with Crippen LogP contribution in [0, 0.1) is 6.92 Å². The van der Waals surface area contributed by atoms with Gasteiger partial charge in [-0.15, -0.1) is 0 Å². The highest BCUT2D eigenvalue weighted by Gasteiger charge is 2.33. The number of hydrogen-bond donors (Lipinski definition) is 0. The Kier molecular flexibility index (Phi) is 6.56. The fourth-order valence-electron chi connectivity index (χ4n) is 4.37. The second-order valence-corrected chi connectivity index (χ2v) is 9.19. The summed E-state index contributed by atoms with van der Waals surface area (Å²) in [5.41, 5.74) is 4.35. The Morgan fingerprint density at radius 3 is 2.44 bits per heavy atom. The van der Waals surface area contributed by atoms with Crippen LogP contribution in [0.3, 0.4) is 0 Å². The number of carbonyl (C=O) groups is 1. The Labute approximate surface area is 202 Å². The van der Waals surface area contributed by atoms with Gasteiger partial charge in [0.1, 0.15) is 0 Å². The molecule has 0 N–H and O–H groups in total. The number of rotatable bonds is 6. The zero-order chi connectivity index (χ0) is 24.6. The number of esters is 1. The Balaban J connectivity index is 1.92. The fraction of sp³-hybridized carbons (Fsp3) is 0.360. The second kappa shape index (κ2) is 9.42. The molecule has 1 atom stereocenters. The minimum atomic E-state index is -0.619. The molecule has 1 aliphatic heterocycles. The number of aromatic nitrogens is 3. The molecule has 0 bridgehead atoms. The first-order valence-corrected chi connectivity index (χ1v) is 12.1. The van der Waals surface area contributed by atoms with Gasteiger partial charge in [0.2, 0.25) is 0 Å². The van der Waals surface area contributed by atoms with Gasteiger partial charge in [-0.05, 0) is 51.5 Å². The third kappa shape index (κ3) is 4.11. The molecule has 34 heavy (non-hydrogen) atoms. The van der Waals surface area contributed by atoms with Gasteiger partial charge < -0.3 is 9.64 Å². The number of nitrogens with zero attached hydrogens (tertiary/aromatic N) is 5. The highest BCUT2D eigenvalue weighted by Crippen LogP contribution is 2.31. The molecule has 0 unspecified atom stereocenters. The molecule has 178 valence electrons. The minimum Gasteiger partial charge on any atom is -0.466 e. The average Bonchev–Trinajstić information content (AvgIpc) is 3.30. The molecule has 0 saturated carbocycles. The number of aryl methyl sites for hydroxylation is 2. The first kappa shape index (κ1) is 23.7. The number of ether oxygens (including phenoxy) is 1. The maximum atomic E-state index is 13.6. The van der Waals surface area contributed by atoms with Gasteiger partial charge in [-0.25, -0.2) is 9.79 Å². The van der Waals surface area contributed by atoms with Gasteiger partial charge in [0.25, 0.3) is 5.56 Å². The molecule has 2 aromatic heterocycles. The van der Waals surface area contributed by atoms with Crippen molar-refractivity contribution in [3.63, 3.8) is 0 Å². The largest absolute Gasteiger partial charge is 0.466 e. The van der Waals surface area contributed by atoms with E-state index in [4.69, 9.17) is 4.74 Å². The van der Waals surface area contributed by atoms with E-state index in [1.165, 1.54) is 18.4 Å². The number of methoxy groups -OCH3 is 1. The summed E-state index contributed by atoms with van der Waals surface area (Å²) >= 11 is 1.31. The van der Waals surface area contributed by atoms with Crippen molar-refractivity contribution in [2.24, 2.45) is 12.0 Å². The highest BCUT2D eigenvalue weighted by atomic mass is 32.1. The van der Waals surface area contributed by atoms with E-state index in [-0.39, 0.29) is 5.56 Å². The molecule has 9 heteroatoms. The number of benzene rings is 1. The van der Waals surface area contributed by atoms with Crippen LogP contribution in [-0.4, -0.2) is 40.5 Å². The van der Waals surface area contributed by atoms with Gasteiger partial charge >= 0.3 is 5.97 Å². The van der Waals surface area contributed by atoms with Crippen molar-refractivity contribution in [3.05, 3.63) is 78.2 Å². The third-order valence-electron chi connectivity index (χ3n) is 6.10. The van der Waals surface area contributed by atoms with Crippen molar-refractivity contribution in [2.75, 3.05) is 25.1 Å². The quantitative estimate of drug-likeness (QED) is 0.507. The lowest BCUT2D eigenvalue weighted by Crippen LogP contribution is -2.39. The number of hydrogen-bond acceptors (Lipinski definition) is 7. The first-order chi connectivity index (χ1) is 16.3. The molecule has 0 aliphatic carbocycles. The average molecular weight is 480 g/mol. The Hall–Kier alpha value is -3.46. The molecule has 3 heterocycles. The molecular weight excluding hydrogens is 450 g/mol. The molecule has 1 aliphatic rings. The van der Waals surface area contributed by atoms with E-state index in [1.807, 2.05) is 50.5 Å². The van der Waals surface area contributed by atoms with E-state index in [9.17, 15) is 9.59 Å². The van der Waals surface area contributed by atoms with Gasteiger partial charge in [0.15, 0.2) is 4.80 Å². The predicted molar refractivity (Wildman–Crippen MR) is 134 cm³/mol. The summed E-state index contributed by atoms with van der Waals surface area (Å²) in [7, 11) is 3.19. The van der Waals surface area contributed by atoms with Crippen molar-refractivity contribution in [1.29, 1.82) is 0 Å². The zero-order valence-corrected chi connectivity index (χ0v) is 21.1. The molecule has 0 spiro atoms. The van der Waals surface area contributed by atoms with Crippen LogP contribution < -0.4 is 19.8 Å². The summed E-state index contributed by atoms with van der Waals surface area (Å²) < 4.78 is 8.95. The summed E-state index contributed by atoms with van der Waals surface area (Å²) in [6.07, 6.45) is 3.71. The van der Waals surface area contributed by atoms with Gasteiger partial charge in [0, 0.05) is 37.6 Å². The molecule has 0 saturated heterocycles. The minimum absolute atomic E-state index is 0.196. The van der Waals surface area contributed by atoms with Crippen molar-refractivity contribution in [1.82, 2.24) is 14.3 Å². The Morgan fingerprint density at radius 2 is 1.88 bits per heavy atom. The molecule has 3 aromatic rings. The standard InChI is InChI=1S/C25H29N5O3S/c1-7-29(8-2)19-11-9-17(10-12-19)22-21(24(32)33-6)16(4)26-25-30(22)23(31)20(34-25)13-18-14-28(5)27-15(18)3/h9-14,22H,7-8H2,1-6H3/b20-13+/t22-/m1/s1. The molecule has 1 aromatic carbocycles. The van der Waals surface area contributed by atoms with Gasteiger partial charge in [-0.2, -0.15) is 5.10 Å². The molecule has 0 amide bonds. The summed E-state index contributed by atoms with van der Waals surface area (Å²) in [6, 6.07) is 7.39. The predicted octanol–water partition coefficient (Wildman–Crippen LogP) is 2.30. The van der Waals surface area contributed by atoms with E-state index in [1.54, 1.807) is 16.2 Å². The van der Waals surface area contributed by atoms with Gasteiger partial charge in [-0.1, -0.05) is 23.5 Å². The van der Waals surface area contributed by atoms with Crippen molar-refractivity contribution >= 4 is 29.1 Å². The summed E-state index contributed by atoms with van der Waals surface area (Å²) in [6.45, 7) is 9.70. The van der Waals surface area contributed by atoms with Crippen LogP contribution in [0.25, 0.3) is 6.08 Å². The molecule has 0 radical (unpaired) electrons. The van der Waals surface area contributed by atoms with Crippen LogP contribution in [0.5, 0.6) is 0 Å². The van der Waals surface area contributed by atoms with Gasteiger partial charge in [-0.3, -0.25) is 14.0 Å². The van der Waals surface area contributed by atoms with Crippen molar-refractivity contribution in [3.8, 4) is 0 Å². The van der Waals surface area contributed by atoms with E-state index in [0.717, 1.165) is 35.6 Å². The smallest absolute Gasteiger partial charge is 0.338 e. The second-order valence-electron chi connectivity index (χ2n) is 8.18. The summed E-state index contributed by atoms with van der Waals surface area (Å²) in [5, 5.41) is 4.36. The maximum absolute atomic E-state index is 13.6. The number of fused-ring (bicyclic) bond motifs is 1. The SMILES string of the molecule is CCN(CC)c1ccc([C@@H]2C(C(=O)OC)=C(C)N=c3s/c(=C/c4cn(C)nc4C)c(=O)n32)cc1. The van der Waals surface area contributed by atoms with Crippen LogP contribution >= 0.6 is 11.3 Å². The number of anilines is 1. The molecule has 8 nitrogen and oxygen atoms in total. The lowest BCUT2D eigenvalue weighted by atomic mass is 9.95. The van der Waals surface area contributed by atoms with E-state index < -0.39 is 12.0 Å². The van der Waals surface area contributed by atoms with E-state index >= 15 is 0 Å². The normalized spacial score (nSPS) is 15.8. The lowest BCUT2D eigenvalue weighted by molar-refractivity contribution is -0.136. The molecular formula is C25H29N5O3S. The summed E-state index contributed by atoms with van der Waals surface area (Å²) in [5.74, 6) is -0.489.